The fraction of sp³-hybridized carbons (Fsp3) is 0.412. The second-order valence-electron chi connectivity index (χ2n) is 5.14. The second kappa shape index (κ2) is 8.81. The van der Waals surface area contributed by atoms with Gasteiger partial charge in [0.15, 0.2) is 17.5 Å². The topological polar surface area (TPSA) is 72.7 Å². The molecule has 2 aromatic rings. The molecular weight excluding hydrogens is 306 g/mol. The zero-order valence-electron chi connectivity index (χ0n) is 14.7. The number of nitrogens with zero attached hydrogens (tertiary/aromatic N) is 3. The highest BCUT2D eigenvalue weighted by Crippen LogP contribution is 2.30. The van der Waals surface area contributed by atoms with Gasteiger partial charge in [-0.3, -0.25) is 4.68 Å². The van der Waals surface area contributed by atoms with Gasteiger partial charge in [0.1, 0.15) is 0 Å². The third kappa shape index (κ3) is 4.91. The van der Waals surface area contributed by atoms with Gasteiger partial charge in [-0.2, -0.15) is 5.10 Å². The number of ether oxygens (including phenoxy) is 2. The molecular formula is C17H25N5O2. The van der Waals surface area contributed by atoms with Crippen LogP contribution >= 0.6 is 0 Å². The zero-order valence-corrected chi connectivity index (χ0v) is 14.7. The molecule has 1 heterocycles. The Morgan fingerprint density at radius 3 is 2.75 bits per heavy atom. The molecule has 2 rings (SSSR count). The number of benzene rings is 1. The van der Waals surface area contributed by atoms with Gasteiger partial charge in [0.05, 0.1) is 26.5 Å². The Bertz CT molecular complexity index is 681. The second-order valence-corrected chi connectivity index (χ2v) is 5.14. The Hall–Kier alpha value is -2.70. The van der Waals surface area contributed by atoms with Crippen molar-refractivity contribution in [2.45, 2.75) is 20.4 Å². The Morgan fingerprint density at radius 1 is 1.29 bits per heavy atom. The van der Waals surface area contributed by atoms with Crippen molar-refractivity contribution in [3.05, 3.63) is 36.2 Å². The summed E-state index contributed by atoms with van der Waals surface area (Å²) in [5.74, 6) is 2.11. The predicted molar refractivity (Wildman–Crippen MR) is 95.8 cm³/mol. The molecule has 2 N–H and O–H groups in total. The van der Waals surface area contributed by atoms with Crippen molar-refractivity contribution in [2.75, 3.05) is 25.6 Å². The van der Waals surface area contributed by atoms with Crippen molar-refractivity contribution in [3.8, 4) is 11.5 Å². The first kappa shape index (κ1) is 17.7. The van der Waals surface area contributed by atoms with Crippen LogP contribution < -0.4 is 20.1 Å². The Labute approximate surface area is 142 Å². The van der Waals surface area contributed by atoms with E-state index < -0.39 is 0 Å². The van der Waals surface area contributed by atoms with E-state index in [0.717, 1.165) is 23.5 Å². The average Bonchev–Trinajstić information content (AvgIpc) is 3.00. The first-order valence-electron chi connectivity index (χ1n) is 8.00. The summed E-state index contributed by atoms with van der Waals surface area (Å²) in [5, 5.41) is 10.7. The number of anilines is 1. The van der Waals surface area contributed by atoms with Crippen LogP contribution in [0.1, 0.15) is 19.4 Å². The highest BCUT2D eigenvalue weighted by atomic mass is 16.5. The molecule has 1 aromatic carbocycles. The smallest absolute Gasteiger partial charge is 0.196 e. The Kier molecular flexibility index (Phi) is 6.48. The molecule has 0 fully saturated rings. The minimum absolute atomic E-state index is 0.553. The summed E-state index contributed by atoms with van der Waals surface area (Å²) < 4.78 is 12.7. The summed E-state index contributed by atoms with van der Waals surface area (Å²) >= 11 is 0. The highest BCUT2D eigenvalue weighted by molar-refractivity contribution is 5.93. The van der Waals surface area contributed by atoms with Gasteiger partial charge in [-0.1, -0.05) is 0 Å². The number of hydrogen-bond acceptors (Lipinski definition) is 4. The number of nitrogens with one attached hydrogen (secondary N) is 2. The maximum absolute atomic E-state index is 5.54. The molecule has 0 amide bonds. The Morgan fingerprint density at radius 2 is 2.12 bits per heavy atom. The van der Waals surface area contributed by atoms with Gasteiger partial charge in [-0.15, -0.1) is 0 Å². The maximum atomic E-state index is 5.54. The number of aromatic nitrogens is 2. The van der Waals surface area contributed by atoms with Crippen LogP contribution in [0.3, 0.4) is 0 Å². The molecule has 0 bridgehead atoms. The fourth-order valence-electron chi connectivity index (χ4n) is 2.19. The van der Waals surface area contributed by atoms with Crippen molar-refractivity contribution >= 4 is 11.6 Å². The molecule has 0 aliphatic heterocycles. The van der Waals surface area contributed by atoms with Crippen LogP contribution in [0.15, 0.2) is 35.6 Å². The first-order valence-corrected chi connectivity index (χ1v) is 8.00. The molecule has 0 spiro atoms. The average molecular weight is 331 g/mol. The normalized spacial score (nSPS) is 11.2. The lowest BCUT2D eigenvalue weighted by atomic mass is 10.2. The summed E-state index contributed by atoms with van der Waals surface area (Å²) in [5.41, 5.74) is 1.93. The van der Waals surface area contributed by atoms with E-state index in [-0.39, 0.29) is 0 Å². The van der Waals surface area contributed by atoms with Crippen LogP contribution in [0.2, 0.25) is 0 Å². The lowest BCUT2D eigenvalue weighted by Gasteiger charge is -2.14. The van der Waals surface area contributed by atoms with E-state index in [0.29, 0.717) is 24.9 Å². The lowest BCUT2D eigenvalue weighted by molar-refractivity contribution is 0.311. The van der Waals surface area contributed by atoms with Crippen molar-refractivity contribution in [2.24, 2.45) is 12.0 Å². The summed E-state index contributed by atoms with van der Waals surface area (Å²) in [6, 6.07) is 5.71. The van der Waals surface area contributed by atoms with Crippen LogP contribution in [0, 0.1) is 0 Å². The molecule has 24 heavy (non-hydrogen) atoms. The van der Waals surface area contributed by atoms with E-state index in [1.54, 1.807) is 11.8 Å². The number of aliphatic imine (C=N–C) groups is 1. The number of methoxy groups -OCH3 is 1. The largest absolute Gasteiger partial charge is 0.493 e. The number of rotatable bonds is 7. The van der Waals surface area contributed by atoms with E-state index in [4.69, 9.17) is 9.47 Å². The summed E-state index contributed by atoms with van der Waals surface area (Å²) in [6.07, 6.45) is 3.76. The van der Waals surface area contributed by atoms with E-state index in [1.807, 2.05) is 51.5 Å². The standard InChI is InChI=1S/C17H25N5O2/c1-5-18-17(19-10-13-11-20-22(3)12-13)21-14-7-8-15(24-6-2)16(9-14)23-4/h7-9,11-12H,5-6,10H2,1-4H3,(H2,18,19,21). The quantitative estimate of drug-likeness (QED) is 0.602. The van der Waals surface area contributed by atoms with E-state index in [1.165, 1.54) is 0 Å². The lowest BCUT2D eigenvalue weighted by Crippen LogP contribution is -2.30. The minimum atomic E-state index is 0.553. The molecule has 0 aliphatic rings. The fourth-order valence-corrected chi connectivity index (χ4v) is 2.19. The molecule has 0 aliphatic carbocycles. The Balaban J connectivity index is 2.11. The maximum Gasteiger partial charge on any atom is 0.196 e. The first-order chi connectivity index (χ1) is 11.7. The monoisotopic (exact) mass is 331 g/mol. The highest BCUT2D eigenvalue weighted by Gasteiger charge is 2.07. The van der Waals surface area contributed by atoms with Crippen LogP contribution in [-0.2, 0) is 13.6 Å². The SMILES string of the molecule is CCNC(=NCc1cnn(C)c1)Nc1ccc(OCC)c(OC)c1. The van der Waals surface area contributed by atoms with Gasteiger partial charge in [-0.25, -0.2) is 4.99 Å². The molecule has 0 saturated carbocycles. The van der Waals surface area contributed by atoms with E-state index >= 15 is 0 Å². The van der Waals surface area contributed by atoms with Gasteiger partial charge in [0.25, 0.3) is 0 Å². The van der Waals surface area contributed by atoms with Gasteiger partial charge in [0, 0.05) is 37.1 Å². The summed E-state index contributed by atoms with van der Waals surface area (Å²) in [7, 11) is 3.52. The van der Waals surface area contributed by atoms with Gasteiger partial charge >= 0.3 is 0 Å². The van der Waals surface area contributed by atoms with Crippen LogP contribution in [-0.4, -0.2) is 36.0 Å². The molecule has 130 valence electrons. The third-order valence-corrected chi connectivity index (χ3v) is 3.25. The summed E-state index contributed by atoms with van der Waals surface area (Å²) in [6.45, 7) is 5.89. The van der Waals surface area contributed by atoms with Crippen LogP contribution in [0.5, 0.6) is 11.5 Å². The van der Waals surface area contributed by atoms with Crippen molar-refractivity contribution < 1.29 is 9.47 Å². The molecule has 7 heteroatoms. The van der Waals surface area contributed by atoms with Crippen molar-refractivity contribution in [1.82, 2.24) is 15.1 Å². The number of guanidine groups is 1. The molecule has 1 aromatic heterocycles. The van der Waals surface area contributed by atoms with Crippen LogP contribution in [0.25, 0.3) is 0 Å². The molecule has 0 radical (unpaired) electrons. The summed E-state index contributed by atoms with van der Waals surface area (Å²) in [4.78, 5) is 4.58. The van der Waals surface area contributed by atoms with Gasteiger partial charge in [-0.05, 0) is 26.0 Å². The minimum Gasteiger partial charge on any atom is -0.493 e. The molecule has 0 atom stereocenters. The molecule has 0 unspecified atom stereocenters. The van der Waals surface area contributed by atoms with Crippen molar-refractivity contribution in [1.29, 1.82) is 0 Å². The zero-order chi connectivity index (χ0) is 17.4. The predicted octanol–water partition coefficient (Wildman–Crippen LogP) is 2.41. The van der Waals surface area contributed by atoms with Gasteiger partial charge < -0.3 is 20.1 Å². The van der Waals surface area contributed by atoms with Crippen molar-refractivity contribution in [3.63, 3.8) is 0 Å². The third-order valence-electron chi connectivity index (χ3n) is 3.25. The number of aryl methyl sites for hydroxylation is 1. The molecule has 7 nitrogen and oxygen atoms in total. The van der Waals surface area contributed by atoms with Crippen LogP contribution in [0.4, 0.5) is 5.69 Å². The molecule has 0 saturated heterocycles. The van der Waals surface area contributed by atoms with E-state index in [2.05, 4.69) is 20.7 Å². The van der Waals surface area contributed by atoms with Gasteiger partial charge in [0.2, 0.25) is 0 Å². The number of hydrogen-bond donors (Lipinski definition) is 2. The van der Waals surface area contributed by atoms with E-state index in [9.17, 15) is 0 Å².